The Morgan fingerprint density at radius 3 is 2.42 bits per heavy atom. The molecule has 0 amide bonds. The second kappa shape index (κ2) is 11.0. The van der Waals surface area contributed by atoms with E-state index in [1.165, 1.54) is 17.0 Å². The number of halogens is 5. The van der Waals surface area contributed by atoms with Crippen LogP contribution >= 0.6 is 0 Å². The minimum Gasteiger partial charge on any atom is -0.449 e. The van der Waals surface area contributed by atoms with Crippen molar-refractivity contribution in [3.8, 4) is 11.5 Å². The molecule has 3 aliphatic heterocycles. The van der Waals surface area contributed by atoms with Gasteiger partial charge in [0.05, 0.1) is 19.3 Å². The largest absolute Gasteiger partial charge is 0.449 e. The Hall–Kier alpha value is -2.63. The number of nitrogens with one attached hydrogen (secondary N) is 1. The van der Waals surface area contributed by atoms with Gasteiger partial charge < -0.3 is 24.8 Å². The van der Waals surface area contributed by atoms with Crippen LogP contribution in [0.1, 0.15) is 56.3 Å². The highest BCUT2D eigenvalue weighted by atomic mass is 19.3. The topological polar surface area (TPSA) is 57.2 Å². The third-order valence-corrected chi connectivity index (χ3v) is 7.87. The Balaban J connectivity index is 1.51. The van der Waals surface area contributed by atoms with Crippen LogP contribution in [0, 0.1) is 11.6 Å². The molecule has 0 spiro atoms. The molecule has 2 aromatic carbocycles. The maximum absolute atomic E-state index is 15.9. The van der Waals surface area contributed by atoms with Gasteiger partial charge >= 0.3 is 0 Å². The zero-order chi connectivity index (χ0) is 28.8. The van der Waals surface area contributed by atoms with Crippen LogP contribution in [-0.2, 0) is 6.42 Å². The summed E-state index contributed by atoms with van der Waals surface area (Å²) in [5.74, 6) is -5.29. The summed E-state index contributed by atoms with van der Waals surface area (Å²) in [5, 5.41) is 12.5. The van der Waals surface area contributed by atoms with Gasteiger partial charge in [0, 0.05) is 56.8 Å². The average Bonchev–Trinajstić information content (AvgIpc) is 3.44. The Morgan fingerprint density at radius 2 is 1.77 bits per heavy atom. The van der Waals surface area contributed by atoms with Gasteiger partial charge in [0.1, 0.15) is 18.2 Å². The molecule has 5 rings (SSSR count). The lowest BCUT2D eigenvalue weighted by Crippen LogP contribution is -2.49. The number of rotatable bonds is 9. The van der Waals surface area contributed by atoms with E-state index in [0.717, 1.165) is 18.5 Å². The number of hydrogen-bond acceptors (Lipinski definition) is 6. The lowest BCUT2D eigenvalue weighted by molar-refractivity contribution is -0.0867. The highest BCUT2D eigenvalue weighted by molar-refractivity contribution is 5.55. The molecule has 3 atom stereocenters. The third-order valence-electron chi connectivity index (χ3n) is 7.87. The summed E-state index contributed by atoms with van der Waals surface area (Å²) in [6.07, 6.45) is 1.53. The number of likely N-dealkylation sites (tertiary alicyclic amines) is 1. The van der Waals surface area contributed by atoms with Gasteiger partial charge in [-0.15, -0.1) is 0 Å². The minimum absolute atomic E-state index is 0.0532. The molecular weight excluding hydrogens is 533 g/mol. The van der Waals surface area contributed by atoms with Crippen LogP contribution in [-0.4, -0.2) is 78.2 Å². The Kier molecular flexibility index (Phi) is 7.93. The summed E-state index contributed by atoms with van der Waals surface area (Å²) in [6, 6.07) is 4.00. The zero-order valence-electron chi connectivity index (χ0n) is 23.0. The zero-order valence-corrected chi connectivity index (χ0v) is 23.0. The highest BCUT2D eigenvalue weighted by Gasteiger charge is 2.44. The molecule has 6 nitrogen and oxygen atoms in total. The van der Waals surface area contributed by atoms with Crippen molar-refractivity contribution in [1.29, 1.82) is 0 Å². The van der Waals surface area contributed by atoms with Crippen molar-refractivity contribution < 1.29 is 36.5 Å². The molecule has 1 saturated heterocycles. The van der Waals surface area contributed by atoms with E-state index < -0.39 is 55.3 Å². The van der Waals surface area contributed by atoms with Gasteiger partial charge in [-0.3, -0.25) is 9.29 Å². The van der Waals surface area contributed by atoms with Crippen molar-refractivity contribution in [2.75, 3.05) is 44.8 Å². The fourth-order valence-corrected chi connectivity index (χ4v) is 6.11. The maximum atomic E-state index is 15.9. The molecule has 3 aliphatic rings. The molecule has 220 valence electrons. The first-order chi connectivity index (χ1) is 18.9. The lowest BCUT2D eigenvalue weighted by Gasteiger charge is -2.43. The highest BCUT2D eigenvalue weighted by Crippen LogP contribution is 2.48. The van der Waals surface area contributed by atoms with Gasteiger partial charge in [0.15, 0.2) is 11.5 Å². The van der Waals surface area contributed by atoms with Gasteiger partial charge in [0.2, 0.25) is 5.79 Å². The molecule has 2 N–H and O–H groups in total. The standard InChI is InChI=1S/C29H36F5N3O3/c1-17-9-18-10-24-25(40-28(2,3)39-24)13-21(18)27(37(17)15-29(33,34)16-38)26-22(31)11-20(12-23(26)32)35-19-5-8-36(14-19)7-4-6-30/h10-13,17,19,27,35,38H,4-9,14-16H2,1-3H3/t17-,19?,27+/m1/s1. The van der Waals surface area contributed by atoms with Crippen LogP contribution in [0.15, 0.2) is 24.3 Å². The Bertz CT molecular complexity index is 1220. The number of aliphatic hydroxyl groups excluding tert-OH is 1. The van der Waals surface area contributed by atoms with Crippen molar-refractivity contribution in [2.45, 2.75) is 69.9 Å². The van der Waals surface area contributed by atoms with Gasteiger partial charge in [0.25, 0.3) is 5.92 Å². The molecule has 40 heavy (non-hydrogen) atoms. The van der Waals surface area contributed by atoms with Crippen LogP contribution in [0.2, 0.25) is 0 Å². The first-order valence-electron chi connectivity index (χ1n) is 13.7. The van der Waals surface area contributed by atoms with Gasteiger partial charge in [-0.2, -0.15) is 0 Å². The van der Waals surface area contributed by atoms with Crippen LogP contribution in [0.25, 0.3) is 0 Å². The number of alkyl halides is 3. The van der Waals surface area contributed by atoms with Crippen molar-refractivity contribution in [2.24, 2.45) is 0 Å². The second-order valence-corrected chi connectivity index (χ2v) is 11.6. The van der Waals surface area contributed by atoms with E-state index in [-0.39, 0.29) is 17.3 Å². The molecule has 11 heteroatoms. The van der Waals surface area contributed by atoms with E-state index in [4.69, 9.17) is 9.47 Å². The molecular formula is C29H36F5N3O3. The quantitative estimate of drug-likeness (QED) is 0.401. The van der Waals surface area contributed by atoms with Crippen molar-refractivity contribution in [3.63, 3.8) is 0 Å². The molecule has 1 fully saturated rings. The van der Waals surface area contributed by atoms with Crippen molar-refractivity contribution in [3.05, 3.63) is 52.6 Å². The third kappa shape index (κ3) is 5.87. The van der Waals surface area contributed by atoms with Crippen LogP contribution in [0.5, 0.6) is 11.5 Å². The summed E-state index contributed by atoms with van der Waals surface area (Å²) < 4.78 is 85.1. The molecule has 0 aromatic heterocycles. The van der Waals surface area contributed by atoms with Gasteiger partial charge in [-0.1, -0.05) is 0 Å². The van der Waals surface area contributed by atoms with Gasteiger partial charge in [-0.25, -0.2) is 17.6 Å². The lowest BCUT2D eigenvalue weighted by atomic mass is 9.84. The first-order valence-corrected chi connectivity index (χ1v) is 13.7. The van der Waals surface area contributed by atoms with E-state index in [9.17, 15) is 18.3 Å². The number of ether oxygens (including phenoxy) is 2. The van der Waals surface area contributed by atoms with Crippen LogP contribution in [0.3, 0.4) is 0 Å². The van der Waals surface area contributed by atoms with Crippen molar-refractivity contribution >= 4 is 5.69 Å². The average molecular weight is 570 g/mol. The fraction of sp³-hybridized carbons (Fsp3) is 0.586. The predicted octanol–water partition coefficient (Wildman–Crippen LogP) is 5.28. The second-order valence-electron chi connectivity index (χ2n) is 11.6. The summed E-state index contributed by atoms with van der Waals surface area (Å²) >= 11 is 0. The van der Waals surface area contributed by atoms with Crippen molar-refractivity contribution in [1.82, 2.24) is 9.80 Å². The van der Waals surface area contributed by atoms with E-state index in [1.807, 2.05) is 0 Å². The fourth-order valence-electron chi connectivity index (χ4n) is 6.11. The van der Waals surface area contributed by atoms with Crippen LogP contribution < -0.4 is 14.8 Å². The van der Waals surface area contributed by atoms with E-state index >= 15 is 8.78 Å². The molecule has 0 saturated carbocycles. The Morgan fingerprint density at radius 1 is 1.10 bits per heavy atom. The van der Waals surface area contributed by atoms with E-state index in [2.05, 4.69) is 10.2 Å². The van der Waals surface area contributed by atoms with Crippen LogP contribution in [0.4, 0.5) is 27.6 Å². The Labute approximate surface area is 231 Å². The summed E-state index contributed by atoms with van der Waals surface area (Å²) in [4.78, 5) is 3.45. The maximum Gasteiger partial charge on any atom is 0.283 e. The number of benzene rings is 2. The number of nitrogens with zero attached hydrogens (tertiary/aromatic N) is 2. The monoisotopic (exact) mass is 569 g/mol. The summed E-state index contributed by atoms with van der Waals surface area (Å²) in [7, 11) is 0. The SMILES string of the molecule is C[C@@H]1Cc2cc3c(cc2[C@@H](c2c(F)cc(NC4CCN(CCCF)C4)cc2F)N1CC(F)(F)CO)OC(C)(C)O3. The number of fused-ring (bicyclic) bond motifs is 2. The van der Waals surface area contributed by atoms with E-state index in [1.54, 1.807) is 32.9 Å². The molecule has 0 aliphatic carbocycles. The molecule has 2 aromatic rings. The summed E-state index contributed by atoms with van der Waals surface area (Å²) in [5.41, 5.74) is 1.08. The smallest absolute Gasteiger partial charge is 0.283 e. The molecule has 0 bridgehead atoms. The number of aliphatic hydroxyl groups is 1. The summed E-state index contributed by atoms with van der Waals surface area (Å²) in [6.45, 7) is 4.54. The van der Waals surface area contributed by atoms with Gasteiger partial charge in [-0.05, 0) is 61.6 Å². The predicted molar refractivity (Wildman–Crippen MR) is 141 cm³/mol. The minimum atomic E-state index is -3.48. The molecule has 0 radical (unpaired) electrons. The molecule has 1 unspecified atom stereocenters. The normalized spacial score (nSPS) is 24.4. The van der Waals surface area contributed by atoms with E-state index in [0.29, 0.717) is 43.0 Å². The molecule has 3 heterocycles. The first kappa shape index (κ1) is 28.9. The number of hydrogen-bond donors (Lipinski definition) is 2. The number of anilines is 1.